The molecule has 0 bridgehead atoms. The number of halogens is 3. The molecule has 132 valence electrons. The average Bonchev–Trinajstić information content (AvgIpc) is 2.51. The number of ether oxygens (including phenoxy) is 1. The summed E-state index contributed by atoms with van der Waals surface area (Å²) in [4.78, 5) is 16.0. The Morgan fingerprint density at radius 1 is 1.42 bits per heavy atom. The number of hydrogen-bond donors (Lipinski definition) is 2. The fraction of sp³-hybridized carbons (Fsp3) is 0.375. The summed E-state index contributed by atoms with van der Waals surface area (Å²) in [7, 11) is 0. The molecule has 0 aliphatic carbocycles. The molecule has 0 spiro atoms. The lowest BCUT2D eigenvalue weighted by Crippen LogP contribution is -2.23. The molecule has 0 atom stereocenters. The van der Waals surface area contributed by atoms with Crippen molar-refractivity contribution in [3.63, 3.8) is 0 Å². The van der Waals surface area contributed by atoms with E-state index in [1.165, 1.54) is 6.07 Å². The van der Waals surface area contributed by atoms with Gasteiger partial charge in [0, 0.05) is 9.78 Å². The second-order valence-electron chi connectivity index (χ2n) is 5.46. The van der Waals surface area contributed by atoms with Crippen LogP contribution in [0, 0.1) is 15.2 Å². The Kier molecular flexibility index (Phi) is 7.27. The Morgan fingerprint density at radius 3 is 2.58 bits per heavy atom. The summed E-state index contributed by atoms with van der Waals surface area (Å²) in [5.74, 6) is -4.17. The third-order valence-electron chi connectivity index (χ3n) is 2.93. The Hall–Kier alpha value is -1.55. The highest BCUT2D eigenvalue weighted by atomic mass is 127. The van der Waals surface area contributed by atoms with Crippen LogP contribution in [0.1, 0.15) is 26.3 Å². The number of carbonyl (C=O) groups is 1. The highest BCUT2D eigenvalue weighted by molar-refractivity contribution is 14.1. The zero-order valence-electron chi connectivity index (χ0n) is 13.4. The molecule has 0 aromatic heterocycles. The molecule has 5 nitrogen and oxygen atoms in total. The lowest BCUT2D eigenvalue weighted by molar-refractivity contribution is -0.137. The minimum atomic E-state index is -1.29. The van der Waals surface area contributed by atoms with Gasteiger partial charge in [-0.3, -0.25) is 4.99 Å². The number of aliphatic hydroxyl groups excluding tert-OH is 2. The first-order valence-corrected chi connectivity index (χ1v) is 8.12. The first-order valence-electron chi connectivity index (χ1n) is 7.04. The molecule has 1 aromatic carbocycles. The molecular formula is C16H18F2INO4. The summed E-state index contributed by atoms with van der Waals surface area (Å²) < 4.78 is 32.7. The third kappa shape index (κ3) is 5.23. The van der Waals surface area contributed by atoms with Crippen molar-refractivity contribution in [3.05, 3.63) is 38.5 Å². The van der Waals surface area contributed by atoms with Gasteiger partial charge in [0.05, 0.1) is 24.3 Å². The normalized spacial score (nSPS) is 13.1. The average molecular weight is 453 g/mol. The van der Waals surface area contributed by atoms with Crippen LogP contribution in [0.25, 0.3) is 5.76 Å². The van der Waals surface area contributed by atoms with Crippen molar-refractivity contribution in [3.8, 4) is 0 Å². The van der Waals surface area contributed by atoms with Crippen molar-refractivity contribution in [2.75, 3.05) is 13.2 Å². The molecule has 0 saturated heterocycles. The van der Waals surface area contributed by atoms with Crippen LogP contribution in [0.15, 0.2) is 22.7 Å². The molecule has 24 heavy (non-hydrogen) atoms. The van der Waals surface area contributed by atoms with Crippen molar-refractivity contribution >= 4 is 40.5 Å². The molecule has 1 aromatic rings. The molecule has 0 amide bonds. The summed E-state index contributed by atoms with van der Waals surface area (Å²) in [6.07, 6.45) is 0.987. The van der Waals surface area contributed by atoms with Gasteiger partial charge in [0.25, 0.3) is 0 Å². The molecule has 0 fully saturated rings. The summed E-state index contributed by atoms with van der Waals surface area (Å²) in [6, 6.07) is 2.15. The molecule has 0 unspecified atom stereocenters. The topological polar surface area (TPSA) is 79.1 Å². The summed E-state index contributed by atoms with van der Waals surface area (Å²) >= 11 is 1.76. The predicted octanol–water partition coefficient (Wildman–Crippen LogP) is 3.24. The number of aliphatic imine (C=N–C) groups is 1. The molecule has 2 N–H and O–H groups in total. The maximum atomic E-state index is 14.0. The van der Waals surface area contributed by atoms with Crippen LogP contribution in [0.3, 0.4) is 0 Å². The van der Waals surface area contributed by atoms with Gasteiger partial charge < -0.3 is 14.9 Å². The van der Waals surface area contributed by atoms with Gasteiger partial charge in [-0.05, 0) is 55.5 Å². The van der Waals surface area contributed by atoms with E-state index in [2.05, 4.69) is 4.99 Å². The van der Waals surface area contributed by atoms with Gasteiger partial charge in [-0.15, -0.1) is 0 Å². The largest absolute Gasteiger partial charge is 0.506 e. The molecule has 0 aliphatic heterocycles. The van der Waals surface area contributed by atoms with Crippen molar-refractivity contribution in [2.45, 2.75) is 26.3 Å². The predicted molar refractivity (Wildman–Crippen MR) is 94.9 cm³/mol. The van der Waals surface area contributed by atoms with Crippen LogP contribution in [-0.2, 0) is 9.53 Å². The van der Waals surface area contributed by atoms with E-state index in [1.54, 1.807) is 43.4 Å². The van der Waals surface area contributed by atoms with Gasteiger partial charge in [0.2, 0.25) is 0 Å². The highest BCUT2D eigenvalue weighted by Crippen LogP contribution is 2.24. The minimum absolute atomic E-state index is 0.0238. The van der Waals surface area contributed by atoms with Crippen molar-refractivity contribution in [2.24, 2.45) is 4.99 Å². The van der Waals surface area contributed by atoms with Crippen LogP contribution in [0.4, 0.5) is 8.78 Å². The maximum absolute atomic E-state index is 14.0. The second kappa shape index (κ2) is 8.52. The highest BCUT2D eigenvalue weighted by Gasteiger charge is 2.22. The zero-order valence-corrected chi connectivity index (χ0v) is 15.6. The molecule has 0 radical (unpaired) electrons. The zero-order chi connectivity index (χ0) is 18.5. The molecule has 0 aliphatic rings. The number of rotatable bonds is 6. The molecule has 8 heteroatoms. The van der Waals surface area contributed by atoms with Crippen LogP contribution in [-0.4, -0.2) is 41.1 Å². The number of aliphatic hydroxyl groups is 2. The smallest absolute Gasteiger partial charge is 0.343 e. The van der Waals surface area contributed by atoms with E-state index in [4.69, 9.17) is 4.74 Å². The number of hydrogen-bond acceptors (Lipinski definition) is 5. The van der Waals surface area contributed by atoms with E-state index in [-0.39, 0.29) is 13.2 Å². The van der Waals surface area contributed by atoms with E-state index in [9.17, 15) is 23.8 Å². The number of nitrogens with zero attached hydrogens (tertiary/aromatic N) is 1. The Labute approximate surface area is 152 Å². The van der Waals surface area contributed by atoms with Crippen LogP contribution >= 0.6 is 22.6 Å². The lowest BCUT2D eigenvalue weighted by Gasteiger charge is -2.16. The van der Waals surface area contributed by atoms with Crippen LogP contribution in [0.2, 0.25) is 0 Å². The van der Waals surface area contributed by atoms with Crippen molar-refractivity contribution < 1.29 is 28.5 Å². The van der Waals surface area contributed by atoms with Crippen molar-refractivity contribution in [1.29, 1.82) is 0 Å². The van der Waals surface area contributed by atoms with Gasteiger partial charge in [-0.1, -0.05) is 0 Å². The Morgan fingerprint density at radius 2 is 2.04 bits per heavy atom. The summed E-state index contributed by atoms with van der Waals surface area (Å²) in [5, 5.41) is 19.5. The number of benzene rings is 1. The Bertz CT molecular complexity index is 687. The standard InChI is InChI=1S/C16H18F2INO4/c1-4-24-15(23)11(7-20-16(2,3)8-21)14(22)10-5-9(19)6-12(17)13(10)18/h5-7,21-22H,4,8H2,1-3H3. The van der Waals surface area contributed by atoms with Gasteiger partial charge in [-0.2, -0.15) is 0 Å². The van der Waals surface area contributed by atoms with E-state index in [0.29, 0.717) is 3.57 Å². The molecule has 1 rings (SSSR count). The second-order valence-corrected chi connectivity index (χ2v) is 6.71. The van der Waals surface area contributed by atoms with Crippen LogP contribution in [0.5, 0.6) is 0 Å². The van der Waals surface area contributed by atoms with E-state index in [1.807, 2.05) is 0 Å². The van der Waals surface area contributed by atoms with E-state index in [0.717, 1.165) is 12.3 Å². The van der Waals surface area contributed by atoms with Gasteiger partial charge in [-0.25, -0.2) is 13.6 Å². The van der Waals surface area contributed by atoms with Crippen molar-refractivity contribution in [1.82, 2.24) is 0 Å². The maximum Gasteiger partial charge on any atom is 0.343 e. The minimum Gasteiger partial charge on any atom is -0.506 e. The quantitative estimate of drug-likeness (QED) is 0.173. The summed E-state index contributed by atoms with van der Waals surface area (Å²) in [6.45, 7) is 4.46. The van der Waals surface area contributed by atoms with E-state index < -0.39 is 40.0 Å². The number of carbonyl (C=O) groups excluding carboxylic acids is 1. The SMILES string of the molecule is CCOC(=O)C(C=NC(C)(C)CO)=C(O)c1cc(I)cc(F)c1F. The first-order chi connectivity index (χ1) is 11.1. The third-order valence-corrected chi connectivity index (χ3v) is 3.55. The van der Waals surface area contributed by atoms with Gasteiger partial charge in [0.1, 0.15) is 11.3 Å². The lowest BCUT2D eigenvalue weighted by atomic mass is 10.1. The Balaban J connectivity index is 3.51. The first kappa shape index (κ1) is 20.5. The molecule has 0 heterocycles. The summed E-state index contributed by atoms with van der Waals surface area (Å²) in [5.41, 5.74) is -1.83. The van der Waals surface area contributed by atoms with E-state index >= 15 is 0 Å². The van der Waals surface area contributed by atoms with Gasteiger partial charge in [0.15, 0.2) is 11.6 Å². The van der Waals surface area contributed by atoms with Gasteiger partial charge >= 0.3 is 5.97 Å². The molecule has 0 saturated carbocycles. The van der Waals surface area contributed by atoms with Crippen LogP contribution < -0.4 is 0 Å². The molecular weight excluding hydrogens is 435 g/mol. The number of esters is 1. The fourth-order valence-corrected chi connectivity index (χ4v) is 2.16. The fourth-order valence-electron chi connectivity index (χ4n) is 1.57. The monoisotopic (exact) mass is 453 g/mol.